The number of carboxylic acid groups (broad SMARTS) is 1. The van der Waals surface area contributed by atoms with Crippen molar-refractivity contribution in [2.24, 2.45) is 0 Å². The minimum Gasteiger partial charge on any atom is -0.549 e. The van der Waals surface area contributed by atoms with Gasteiger partial charge >= 0.3 is 29.6 Å². The molecule has 0 aliphatic heterocycles. The number of carboxylic acids is 1. The number of hydrogen-bond donors (Lipinski definition) is 1. The summed E-state index contributed by atoms with van der Waals surface area (Å²) in [5, 5.41) is 10.3. The maximum absolute atomic E-state index is 11.5. The number of carbonyl (C=O) groups is 1. The van der Waals surface area contributed by atoms with Crippen LogP contribution in [0, 0.1) is 0 Å². The summed E-state index contributed by atoms with van der Waals surface area (Å²) in [4.78, 5) is 10.3. The molecule has 0 aliphatic carbocycles. The molecule has 0 bridgehead atoms. The van der Waals surface area contributed by atoms with Crippen molar-refractivity contribution in [3.05, 3.63) is 0 Å². The van der Waals surface area contributed by atoms with Crippen LogP contribution in [0.2, 0.25) is 0 Å². The van der Waals surface area contributed by atoms with Crippen LogP contribution in [0.1, 0.15) is 129 Å². The van der Waals surface area contributed by atoms with Gasteiger partial charge in [-0.05, 0) is 6.42 Å². The van der Waals surface area contributed by atoms with Crippen molar-refractivity contribution in [1.29, 1.82) is 0 Å². The third-order valence-electron chi connectivity index (χ3n) is 5.45. The molecule has 0 unspecified atom stereocenters. The van der Waals surface area contributed by atoms with Crippen molar-refractivity contribution in [1.82, 2.24) is 4.72 Å². The van der Waals surface area contributed by atoms with Gasteiger partial charge in [0.2, 0.25) is 10.0 Å². The van der Waals surface area contributed by atoms with Crippen molar-refractivity contribution in [3.63, 3.8) is 0 Å². The zero-order valence-corrected chi connectivity index (χ0v) is 22.7. The van der Waals surface area contributed by atoms with E-state index in [1.165, 1.54) is 96.3 Å². The van der Waals surface area contributed by atoms with Gasteiger partial charge in [0.05, 0.1) is 18.3 Å². The molecule has 0 atom stereocenters. The molecule has 0 aromatic carbocycles. The second-order valence-electron chi connectivity index (χ2n) is 8.38. The smallest absolute Gasteiger partial charge is 0.549 e. The molecule has 0 aromatic heterocycles. The van der Waals surface area contributed by atoms with Crippen LogP contribution in [0.15, 0.2) is 0 Å². The predicted octanol–water partition coefficient (Wildman–Crippen LogP) is 2.09. The number of sulfonamides is 1. The minimum atomic E-state index is -3.47. The monoisotopic (exact) mass is 455 g/mol. The van der Waals surface area contributed by atoms with Crippen LogP contribution < -0.4 is 39.4 Å². The Morgan fingerprint density at radius 3 is 1.23 bits per heavy atom. The topological polar surface area (TPSA) is 86.3 Å². The molecule has 5 nitrogen and oxygen atoms in total. The van der Waals surface area contributed by atoms with Gasteiger partial charge in [0, 0.05) is 0 Å². The molecule has 30 heavy (non-hydrogen) atoms. The molecule has 0 saturated carbocycles. The van der Waals surface area contributed by atoms with E-state index >= 15 is 0 Å². The average molecular weight is 456 g/mol. The van der Waals surface area contributed by atoms with Crippen LogP contribution in [0.3, 0.4) is 0 Å². The second-order valence-corrected chi connectivity index (χ2v) is 10.3. The van der Waals surface area contributed by atoms with Gasteiger partial charge in [-0.1, -0.05) is 122 Å². The maximum Gasteiger partial charge on any atom is 1.00 e. The van der Waals surface area contributed by atoms with E-state index in [1.807, 2.05) is 4.72 Å². The molecule has 1 N–H and O–H groups in total. The summed E-state index contributed by atoms with van der Waals surface area (Å²) < 4.78 is 25.1. The van der Waals surface area contributed by atoms with Gasteiger partial charge in [-0.3, -0.25) is 0 Å². The normalized spacial score (nSPS) is 11.4. The molecule has 0 radical (unpaired) electrons. The number of nitrogens with one attached hydrogen (secondary N) is 1. The SMILES string of the molecule is CCCCCCCCCCCCCCCCCCCCCS(=O)(=O)NCC(=O)[O-].[Na+]. The Morgan fingerprint density at radius 1 is 0.633 bits per heavy atom. The Kier molecular flexibility index (Phi) is 26.1. The Hall–Kier alpha value is 0.380. The number of aliphatic carboxylic acids is 1. The third kappa shape index (κ3) is 26.4. The molecule has 0 aromatic rings. The van der Waals surface area contributed by atoms with Gasteiger partial charge in [0.1, 0.15) is 0 Å². The van der Waals surface area contributed by atoms with E-state index in [-0.39, 0.29) is 35.3 Å². The molecular weight excluding hydrogens is 409 g/mol. The van der Waals surface area contributed by atoms with E-state index in [0.29, 0.717) is 6.42 Å². The molecule has 174 valence electrons. The van der Waals surface area contributed by atoms with E-state index in [1.54, 1.807) is 0 Å². The first-order valence-corrected chi connectivity index (χ1v) is 13.8. The molecule has 7 heteroatoms. The summed E-state index contributed by atoms with van der Waals surface area (Å²) in [6, 6.07) is 0. The standard InChI is InChI=1S/C23H47NO4S.Na/c1-2-3-4-5-6-7-8-9-10-11-12-13-14-15-16-17-18-19-20-21-29(27,28)24-22-23(25)26;/h24H,2-22H2,1H3,(H,25,26);/q;+1/p-1. The summed E-state index contributed by atoms with van der Waals surface area (Å²) in [6.07, 6.45) is 24.3. The van der Waals surface area contributed by atoms with Crippen molar-refractivity contribution < 1.29 is 47.9 Å². The van der Waals surface area contributed by atoms with E-state index in [2.05, 4.69) is 6.92 Å². The maximum atomic E-state index is 11.5. The molecule has 0 heterocycles. The van der Waals surface area contributed by atoms with Crippen LogP contribution >= 0.6 is 0 Å². The van der Waals surface area contributed by atoms with Crippen molar-refractivity contribution in [2.45, 2.75) is 129 Å². The molecular formula is C23H46NNaO4S. The summed E-state index contributed by atoms with van der Waals surface area (Å²) >= 11 is 0. The van der Waals surface area contributed by atoms with Crippen molar-refractivity contribution in [2.75, 3.05) is 12.3 Å². The number of unbranched alkanes of at least 4 members (excludes halogenated alkanes) is 18. The van der Waals surface area contributed by atoms with Crippen LogP contribution in [0.4, 0.5) is 0 Å². The zero-order valence-electron chi connectivity index (χ0n) is 19.9. The molecule has 0 saturated heterocycles. The first kappa shape index (κ1) is 32.6. The first-order chi connectivity index (χ1) is 14.0. The van der Waals surface area contributed by atoms with Crippen LogP contribution in [-0.2, 0) is 14.8 Å². The van der Waals surface area contributed by atoms with Crippen LogP contribution in [-0.4, -0.2) is 26.7 Å². The largest absolute Gasteiger partial charge is 1.00 e. The summed E-state index contributed by atoms with van der Waals surface area (Å²) in [5.41, 5.74) is 0. The summed E-state index contributed by atoms with van der Waals surface area (Å²) in [6.45, 7) is 1.63. The molecule has 0 rings (SSSR count). The van der Waals surface area contributed by atoms with Gasteiger partial charge in [0.25, 0.3) is 0 Å². The van der Waals surface area contributed by atoms with Crippen molar-refractivity contribution >= 4 is 16.0 Å². The third-order valence-corrected chi connectivity index (χ3v) is 6.86. The van der Waals surface area contributed by atoms with E-state index in [0.717, 1.165) is 19.3 Å². The van der Waals surface area contributed by atoms with E-state index < -0.39 is 22.5 Å². The molecule has 0 aliphatic rings. The Bertz CT molecular complexity index is 472. The van der Waals surface area contributed by atoms with E-state index in [4.69, 9.17) is 0 Å². The van der Waals surface area contributed by atoms with Gasteiger partial charge < -0.3 is 9.90 Å². The van der Waals surface area contributed by atoms with Gasteiger partial charge in [-0.25, -0.2) is 13.1 Å². The fourth-order valence-electron chi connectivity index (χ4n) is 3.61. The Balaban J connectivity index is 0. The van der Waals surface area contributed by atoms with Gasteiger partial charge in [-0.2, -0.15) is 0 Å². The number of rotatable bonds is 23. The molecule has 0 amide bonds. The molecule has 0 spiro atoms. The number of carbonyl (C=O) groups excluding carboxylic acids is 1. The fourth-order valence-corrected chi connectivity index (χ4v) is 4.68. The zero-order chi connectivity index (χ0) is 21.6. The first-order valence-electron chi connectivity index (χ1n) is 12.1. The summed E-state index contributed by atoms with van der Waals surface area (Å²) in [7, 11) is -3.47. The summed E-state index contributed by atoms with van der Waals surface area (Å²) in [5.74, 6) is -1.40. The predicted molar refractivity (Wildman–Crippen MR) is 120 cm³/mol. The van der Waals surface area contributed by atoms with Crippen molar-refractivity contribution in [3.8, 4) is 0 Å². The minimum absolute atomic E-state index is 0. The van der Waals surface area contributed by atoms with Crippen LogP contribution in [0.25, 0.3) is 0 Å². The van der Waals surface area contributed by atoms with Gasteiger partial charge in [-0.15, -0.1) is 0 Å². The van der Waals surface area contributed by atoms with Gasteiger partial charge in [0.15, 0.2) is 0 Å². The number of hydrogen-bond acceptors (Lipinski definition) is 4. The second kappa shape index (κ2) is 24.0. The van der Waals surface area contributed by atoms with Crippen LogP contribution in [0.5, 0.6) is 0 Å². The Morgan fingerprint density at radius 2 is 0.933 bits per heavy atom. The Labute approximate surface area is 208 Å². The van der Waals surface area contributed by atoms with E-state index in [9.17, 15) is 18.3 Å². The quantitative estimate of drug-likeness (QED) is 0.189. The fraction of sp³-hybridized carbons (Fsp3) is 0.957. The average Bonchev–Trinajstić information content (AvgIpc) is 2.68. The molecule has 0 fully saturated rings.